The average molecular weight is 493 g/mol. The molecular formula is C34H20S2. The van der Waals surface area contributed by atoms with Crippen LogP contribution in [0.1, 0.15) is 9.75 Å². The minimum absolute atomic E-state index is 1.37. The second-order valence-corrected chi connectivity index (χ2v) is 12.6. The van der Waals surface area contributed by atoms with Gasteiger partial charge in [-0.25, -0.2) is 0 Å². The second-order valence-electron chi connectivity index (χ2n) is 10.1. The number of benzene rings is 5. The standard InChI is InChI=1S/C34H20S2/c1-17-15-25-26-16-18(2)36-34(26)30-24-14-8-6-12-22(24)28-20-10-4-3-9-19(20)27-21-11-5-7-13-23(21)29(33(25)35-17)32(30)31(27)28/h3-16H,1-2H3. The van der Waals surface area contributed by atoms with Crippen molar-refractivity contribution >= 4 is 107 Å². The lowest BCUT2D eigenvalue weighted by molar-refractivity contribution is 1.65. The predicted molar refractivity (Wildman–Crippen MR) is 163 cm³/mol. The topological polar surface area (TPSA) is 0 Å². The maximum Gasteiger partial charge on any atom is 0.0437 e. The van der Waals surface area contributed by atoms with Crippen LogP contribution in [0.4, 0.5) is 0 Å². The molecule has 2 aromatic heterocycles. The fraction of sp³-hybridized carbons (Fsp3) is 0.0588. The largest absolute Gasteiger partial charge is 0.140 e. The van der Waals surface area contributed by atoms with Crippen molar-refractivity contribution < 1.29 is 0 Å². The first-order chi connectivity index (χ1) is 17.7. The molecule has 0 atom stereocenters. The second kappa shape index (κ2) is 6.53. The van der Waals surface area contributed by atoms with Crippen LogP contribution in [0.15, 0.2) is 84.9 Å². The molecule has 36 heavy (non-hydrogen) atoms. The van der Waals surface area contributed by atoms with Gasteiger partial charge in [0.2, 0.25) is 0 Å². The van der Waals surface area contributed by atoms with E-state index in [2.05, 4.69) is 98.8 Å². The third kappa shape index (κ3) is 2.17. The molecule has 0 unspecified atom stereocenters. The number of rotatable bonds is 0. The fourth-order valence-electron chi connectivity index (χ4n) is 6.88. The normalized spacial score (nSPS) is 12.7. The molecule has 0 fully saturated rings. The molecule has 0 N–H and O–H groups in total. The zero-order valence-electron chi connectivity index (χ0n) is 19.9. The maximum atomic E-state index is 2.42. The van der Waals surface area contributed by atoms with E-state index in [0.717, 1.165) is 0 Å². The van der Waals surface area contributed by atoms with E-state index in [9.17, 15) is 0 Å². The lowest BCUT2D eigenvalue weighted by Gasteiger charge is -2.13. The van der Waals surface area contributed by atoms with E-state index in [-0.39, 0.29) is 0 Å². The van der Waals surface area contributed by atoms with Gasteiger partial charge in [0.25, 0.3) is 0 Å². The van der Waals surface area contributed by atoms with E-state index in [1.165, 1.54) is 94.6 Å². The molecule has 0 aliphatic heterocycles. The Bertz CT molecular complexity index is 2220. The SMILES string of the molecule is Cc1cc2c3cc(C)sc3c3c4ccccc4c4c5ccccc5c5c6ccccc6c(c2s1)c3c54. The van der Waals surface area contributed by atoms with Gasteiger partial charge in [-0.2, -0.15) is 0 Å². The van der Waals surface area contributed by atoms with Gasteiger partial charge in [-0.1, -0.05) is 72.8 Å². The number of thiophene rings is 2. The number of aryl methyl sites for hydroxylation is 2. The predicted octanol–water partition coefficient (Wildman–Crippen LogP) is 11.1. The van der Waals surface area contributed by atoms with Crippen molar-refractivity contribution in [2.24, 2.45) is 0 Å². The first kappa shape index (κ1) is 19.5. The van der Waals surface area contributed by atoms with Crippen LogP contribution in [0.2, 0.25) is 0 Å². The van der Waals surface area contributed by atoms with Crippen LogP contribution in [0, 0.1) is 13.8 Å². The van der Waals surface area contributed by atoms with E-state index >= 15 is 0 Å². The molecule has 0 spiro atoms. The van der Waals surface area contributed by atoms with Gasteiger partial charge in [0.1, 0.15) is 0 Å². The highest BCUT2D eigenvalue weighted by atomic mass is 32.1. The highest BCUT2D eigenvalue weighted by Gasteiger charge is 2.24. The van der Waals surface area contributed by atoms with Crippen LogP contribution < -0.4 is 0 Å². The molecule has 0 saturated carbocycles. The molecule has 0 bridgehead atoms. The lowest BCUT2D eigenvalue weighted by atomic mass is 9.90. The first-order valence-corrected chi connectivity index (χ1v) is 14.1. The van der Waals surface area contributed by atoms with Crippen molar-refractivity contribution in [3.05, 3.63) is 94.7 Å². The first-order valence-electron chi connectivity index (χ1n) is 12.5. The maximum absolute atomic E-state index is 2.42. The van der Waals surface area contributed by atoms with E-state index in [1.54, 1.807) is 0 Å². The Hall–Kier alpha value is -3.72. The van der Waals surface area contributed by atoms with Gasteiger partial charge in [0.15, 0.2) is 0 Å². The van der Waals surface area contributed by atoms with E-state index < -0.39 is 0 Å². The summed E-state index contributed by atoms with van der Waals surface area (Å²) in [7, 11) is 0. The van der Waals surface area contributed by atoms with Crippen LogP contribution in [0.5, 0.6) is 0 Å². The average Bonchev–Trinajstić information content (AvgIpc) is 3.56. The molecular weight excluding hydrogens is 473 g/mol. The van der Waals surface area contributed by atoms with Crippen molar-refractivity contribution in [3.63, 3.8) is 0 Å². The zero-order valence-corrected chi connectivity index (χ0v) is 21.5. The fourth-order valence-corrected chi connectivity index (χ4v) is 9.06. The quantitative estimate of drug-likeness (QED) is 0.185. The van der Waals surface area contributed by atoms with Crippen LogP contribution in [-0.2, 0) is 0 Å². The zero-order chi connectivity index (χ0) is 23.7. The Morgan fingerprint density at radius 1 is 0.361 bits per heavy atom. The molecule has 7 aromatic carbocycles. The molecule has 0 aliphatic rings. The summed E-state index contributed by atoms with van der Waals surface area (Å²) in [5, 5.41) is 19.6. The Morgan fingerprint density at radius 3 is 1.03 bits per heavy atom. The summed E-state index contributed by atoms with van der Waals surface area (Å²) in [6.07, 6.45) is 0. The molecule has 2 heterocycles. The minimum atomic E-state index is 1.37. The van der Waals surface area contributed by atoms with Crippen LogP contribution in [0.25, 0.3) is 84.8 Å². The molecule has 0 radical (unpaired) electrons. The number of fused-ring (bicyclic) bond motifs is 14. The summed E-state index contributed by atoms with van der Waals surface area (Å²) >= 11 is 3.91. The summed E-state index contributed by atoms with van der Waals surface area (Å²) in [6, 6.07) is 32.1. The Kier molecular flexibility index (Phi) is 3.53. The smallest absolute Gasteiger partial charge is 0.0437 e. The third-order valence-corrected chi connectivity index (χ3v) is 10.2. The highest BCUT2D eigenvalue weighted by Crippen LogP contribution is 2.54. The third-order valence-electron chi connectivity index (χ3n) is 8.10. The summed E-state index contributed by atoms with van der Waals surface area (Å²) in [5.41, 5.74) is 0. The molecule has 0 aliphatic carbocycles. The monoisotopic (exact) mass is 492 g/mol. The van der Waals surface area contributed by atoms with Gasteiger partial charge in [0.05, 0.1) is 0 Å². The van der Waals surface area contributed by atoms with Crippen molar-refractivity contribution in [1.29, 1.82) is 0 Å². The van der Waals surface area contributed by atoms with E-state index in [1.807, 2.05) is 22.7 Å². The van der Waals surface area contributed by atoms with Crippen molar-refractivity contribution in [2.75, 3.05) is 0 Å². The van der Waals surface area contributed by atoms with Crippen molar-refractivity contribution in [3.8, 4) is 0 Å². The van der Waals surface area contributed by atoms with Gasteiger partial charge in [-0.3, -0.25) is 0 Å². The molecule has 168 valence electrons. The molecule has 2 heteroatoms. The van der Waals surface area contributed by atoms with Gasteiger partial charge in [0, 0.05) is 46.1 Å². The summed E-state index contributed by atoms with van der Waals surface area (Å²) < 4.78 is 2.84. The van der Waals surface area contributed by atoms with Crippen molar-refractivity contribution in [1.82, 2.24) is 0 Å². The van der Waals surface area contributed by atoms with Crippen LogP contribution in [0.3, 0.4) is 0 Å². The van der Waals surface area contributed by atoms with E-state index in [4.69, 9.17) is 0 Å². The Labute approximate surface area is 215 Å². The van der Waals surface area contributed by atoms with Gasteiger partial charge in [-0.15, -0.1) is 22.7 Å². The van der Waals surface area contributed by atoms with E-state index in [0.29, 0.717) is 0 Å². The summed E-state index contributed by atoms with van der Waals surface area (Å²) in [5.74, 6) is 0. The lowest BCUT2D eigenvalue weighted by Crippen LogP contribution is -1.84. The van der Waals surface area contributed by atoms with Gasteiger partial charge >= 0.3 is 0 Å². The molecule has 9 rings (SSSR count). The van der Waals surface area contributed by atoms with Gasteiger partial charge < -0.3 is 0 Å². The Balaban J connectivity index is 1.87. The highest BCUT2D eigenvalue weighted by molar-refractivity contribution is 7.22. The molecule has 0 saturated heterocycles. The minimum Gasteiger partial charge on any atom is -0.140 e. The Morgan fingerprint density at radius 2 is 0.667 bits per heavy atom. The number of hydrogen-bond acceptors (Lipinski definition) is 2. The summed E-state index contributed by atoms with van der Waals surface area (Å²) in [6.45, 7) is 4.51. The van der Waals surface area contributed by atoms with Gasteiger partial charge in [-0.05, 0) is 74.5 Å². The molecule has 0 nitrogen and oxygen atoms in total. The molecule has 0 amide bonds. The van der Waals surface area contributed by atoms with Crippen LogP contribution in [-0.4, -0.2) is 0 Å². The summed E-state index contributed by atoms with van der Waals surface area (Å²) in [4.78, 5) is 2.75. The number of hydrogen-bond donors (Lipinski definition) is 0. The van der Waals surface area contributed by atoms with Crippen molar-refractivity contribution in [2.45, 2.75) is 13.8 Å². The molecule has 9 aromatic rings. The van der Waals surface area contributed by atoms with Crippen LogP contribution >= 0.6 is 22.7 Å².